The van der Waals surface area contributed by atoms with E-state index in [1.165, 1.54) is 5.56 Å². The van der Waals surface area contributed by atoms with Gasteiger partial charge in [-0.25, -0.2) is 8.42 Å². The first-order valence-corrected chi connectivity index (χ1v) is 10.6. The number of benzene rings is 2. The molecule has 6 heteroatoms. The van der Waals surface area contributed by atoms with Crippen molar-refractivity contribution in [3.05, 3.63) is 53.6 Å². The third-order valence-electron chi connectivity index (χ3n) is 5.17. The first-order chi connectivity index (χ1) is 12.5. The van der Waals surface area contributed by atoms with Gasteiger partial charge in [-0.2, -0.15) is 0 Å². The number of carbonyl (C=O) groups excluding carboxylic acids is 1. The van der Waals surface area contributed by atoms with E-state index in [0.29, 0.717) is 18.7 Å². The molecule has 1 heterocycles. The molecule has 2 aliphatic rings. The Labute approximate surface area is 154 Å². The molecule has 0 unspecified atom stereocenters. The molecule has 0 atom stereocenters. The topological polar surface area (TPSA) is 66.5 Å². The highest BCUT2D eigenvalue weighted by Gasteiger charge is 2.23. The maximum atomic E-state index is 12.8. The number of anilines is 2. The molecule has 2 aromatic carbocycles. The van der Waals surface area contributed by atoms with E-state index in [1.54, 1.807) is 29.2 Å². The summed E-state index contributed by atoms with van der Waals surface area (Å²) in [6.45, 7) is 0.694. The molecule has 0 spiro atoms. The number of hydrogen-bond acceptors (Lipinski definition) is 3. The van der Waals surface area contributed by atoms with Crippen LogP contribution in [0.25, 0.3) is 0 Å². The van der Waals surface area contributed by atoms with E-state index in [2.05, 4.69) is 10.8 Å². The predicted octanol–water partition coefficient (Wildman–Crippen LogP) is 3.49. The Balaban J connectivity index is 1.58. The van der Waals surface area contributed by atoms with Crippen molar-refractivity contribution >= 4 is 27.3 Å². The number of nitrogens with one attached hydrogen (secondary N) is 1. The second-order valence-electron chi connectivity index (χ2n) is 6.90. The van der Waals surface area contributed by atoms with Crippen LogP contribution in [0.3, 0.4) is 0 Å². The molecule has 0 radical (unpaired) electrons. The number of aryl methyl sites for hydroxylation is 1. The average molecular weight is 370 g/mol. The van der Waals surface area contributed by atoms with Gasteiger partial charge in [0.05, 0.1) is 10.6 Å². The summed E-state index contributed by atoms with van der Waals surface area (Å²) in [6.07, 6.45) is 5.55. The average Bonchev–Trinajstić information content (AvgIpc) is 3.08. The van der Waals surface area contributed by atoms with Crippen LogP contribution in [0.4, 0.5) is 11.4 Å². The Kier molecular flexibility index (Phi) is 4.44. The number of carbonyl (C=O) groups is 1. The summed E-state index contributed by atoms with van der Waals surface area (Å²) in [5, 5.41) is 0. The summed E-state index contributed by atoms with van der Waals surface area (Å²) in [6, 6.07) is 12.4. The van der Waals surface area contributed by atoms with E-state index in [1.807, 2.05) is 12.1 Å². The van der Waals surface area contributed by atoms with Gasteiger partial charge in [-0.15, -0.1) is 0 Å². The molecule has 1 fully saturated rings. The van der Waals surface area contributed by atoms with Crippen molar-refractivity contribution in [2.45, 2.75) is 43.4 Å². The molecular formula is C20H22N2O3S. The lowest BCUT2D eigenvalue weighted by molar-refractivity contribution is -0.117. The summed E-state index contributed by atoms with van der Waals surface area (Å²) in [5.74, 6) is 0.0923. The highest BCUT2D eigenvalue weighted by Crippen LogP contribution is 2.30. The summed E-state index contributed by atoms with van der Waals surface area (Å²) in [5.41, 5.74) is 3.78. The number of fused-ring (bicyclic) bond motifs is 1. The van der Waals surface area contributed by atoms with Crippen molar-refractivity contribution in [3.63, 3.8) is 0 Å². The zero-order valence-electron chi connectivity index (χ0n) is 14.6. The Morgan fingerprint density at radius 2 is 1.65 bits per heavy atom. The van der Waals surface area contributed by atoms with E-state index in [4.69, 9.17) is 0 Å². The number of rotatable bonds is 4. The fourth-order valence-electron chi connectivity index (χ4n) is 3.81. The second kappa shape index (κ2) is 6.76. The molecule has 1 aliphatic heterocycles. The van der Waals surface area contributed by atoms with Gasteiger partial charge >= 0.3 is 0 Å². The fraction of sp³-hybridized carbons (Fsp3) is 0.350. The molecule has 1 amide bonds. The lowest BCUT2D eigenvalue weighted by Gasteiger charge is -2.20. The smallest absolute Gasteiger partial charge is 0.261 e. The molecule has 2 aromatic rings. The largest absolute Gasteiger partial charge is 0.312 e. The zero-order chi connectivity index (χ0) is 18.1. The Morgan fingerprint density at radius 1 is 0.885 bits per heavy atom. The van der Waals surface area contributed by atoms with Crippen LogP contribution >= 0.6 is 0 Å². The van der Waals surface area contributed by atoms with E-state index in [9.17, 15) is 13.2 Å². The number of hydrogen-bond donors (Lipinski definition) is 1. The van der Waals surface area contributed by atoms with Crippen LogP contribution in [-0.4, -0.2) is 20.9 Å². The normalized spacial score (nSPS) is 17.2. The van der Waals surface area contributed by atoms with E-state index in [-0.39, 0.29) is 10.8 Å². The van der Waals surface area contributed by atoms with Crippen molar-refractivity contribution in [3.8, 4) is 0 Å². The van der Waals surface area contributed by atoms with Gasteiger partial charge in [-0.3, -0.25) is 9.52 Å². The van der Waals surface area contributed by atoms with Crippen molar-refractivity contribution in [1.29, 1.82) is 0 Å². The molecule has 0 saturated carbocycles. The number of amides is 1. The lowest BCUT2D eigenvalue weighted by Crippen LogP contribution is -2.23. The van der Waals surface area contributed by atoms with Crippen molar-refractivity contribution in [2.75, 3.05) is 16.2 Å². The minimum atomic E-state index is -3.65. The molecular weight excluding hydrogens is 348 g/mol. The van der Waals surface area contributed by atoms with Crippen LogP contribution in [0.1, 0.15) is 36.8 Å². The van der Waals surface area contributed by atoms with Gasteiger partial charge in [-0.05, 0) is 73.6 Å². The fourth-order valence-corrected chi connectivity index (χ4v) is 4.90. The minimum Gasteiger partial charge on any atom is -0.312 e. The maximum absolute atomic E-state index is 12.8. The van der Waals surface area contributed by atoms with Gasteiger partial charge < -0.3 is 4.90 Å². The van der Waals surface area contributed by atoms with E-state index in [0.717, 1.165) is 43.4 Å². The molecule has 26 heavy (non-hydrogen) atoms. The summed E-state index contributed by atoms with van der Waals surface area (Å²) in [7, 11) is -3.65. The molecule has 1 N–H and O–H groups in total. The van der Waals surface area contributed by atoms with Gasteiger partial charge in [0.25, 0.3) is 10.0 Å². The highest BCUT2D eigenvalue weighted by molar-refractivity contribution is 7.92. The van der Waals surface area contributed by atoms with Gasteiger partial charge in [0.1, 0.15) is 0 Å². The lowest BCUT2D eigenvalue weighted by atomic mass is 9.91. The SMILES string of the molecule is O=C1CCCN1c1ccc(S(=O)(=O)Nc2cccc3c2CCCC3)cc1. The Hall–Kier alpha value is -2.34. The van der Waals surface area contributed by atoms with Gasteiger partial charge in [-0.1, -0.05) is 12.1 Å². The third kappa shape index (κ3) is 3.21. The van der Waals surface area contributed by atoms with Crippen molar-refractivity contribution in [2.24, 2.45) is 0 Å². The second-order valence-corrected chi connectivity index (χ2v) is 8.58. The molecule has 136 valence electrons. The summed E-state index contributed by atoms with van der Waals surface area (Å²) < 4.78 is 28.3. The van der Waals surface area contributed by atoms with Gasteiger partial charge in [0.2, 0.25) is 5.91 Å². The maximum Gasteiger partial charge on any atom is 0.261 e. The first kappa shape index (κ1) is 17.1. The van der Waals surface area contributed by atoms with E-state index >= 15 is 0 Å². The number of nitrogens with zero attached hydrogens (tertiary/aromatic N) is 1. The molecule has 4 rings (SSSR count). The zero-order valence-corrected chi connectivity index (χ0v) is 15.4. The molecule has 5 nitrogen and oxygen atoms in total. The Bertz CT molecular complexity index is 936. The molecule has 1 aliphatic carbocycles. The molecule has 0 aromatic heterocycles. The quantitative estimate of drug-likeness (QED) is 0.896. The third-order valence-corrected chi connectivity index (χ3v) is 6.55. The van der Waals surface area contributed by atoms with Gasteiger partial charge in [0.15, 0.2) is 0 Å². The standard InChI is InChI=1S/C20H22N2O3S/c23-20-9-4-14-22(20)16-10-12-17(13-11-16)26(24,25)21-19-8-3-6-15-5-1-2-7-18(15)19/h3,6,8,10-13,21H,1-2,4-5,7,9,14H2. The number of sulfonamides is 1. The van der Waals surface area contributed by atoms with E-state index < -0.39 is 10.0 Å². The summed E-state index contributed by atoms with van der Waals surface area (Å²) in [4.78, 5) is 13.7. The van der Waals surface area contributed by atoms with Crippen LogP contribution in [0.15, 0.2) is 47.4 Å². The Morgan fingerprint density at radius 3 is 2.38 bits per heavy atom. The predicted molar refractivity (Wildman–Crippen MR) is 102 cm³/mol. The van der Waals surface area contributed by atoms with Crippen LogP contribution in [0, 0.1) is 0 Å². The molecule has 0 bridgehead atoms. The van der Waals surface area contributed by atoms with Crippen molar-refractivity contribution < 1.29 is 13.2 Å². The van der Waals surface area contributed by atoms with Crippen LogP contribution in [0.5, 0.6) is 0 Å². The van der Waals surface area contributed by atoms with Crippen molar-refractivity contribution in [1.82, 2.24) is 0 Å². The molecule has 1 saturated heterocycles. The monoisotopic (exact) mass is 370 g/mol. The van der Waals surface area contributed by atoms with Crippen LogP contribution < -0.4 is 9.62 Å². The van der Waals surface area contributed by atoms with Crippen LogP contribution in [0.2, 0.25) is 0 Å². The summed E-state index contributed by atoms with van der Waals surface area (Å²) >= 11 is 0. The first-order valence-electron chi connectivity index (χ1n) is 9.09. The van der Waals surface area contributed by atoms with Crippen LogP contribution in [-0.2, 0) is 27.7 Å². The van der Waals surface area contributed by atoms with Gasteiger partial charge in [0, 0.05) is 18.7 Å². The highest BCUT2D eigenvalue weighted by atomic mass is 32.2. The minimum absolute atomic E-state index is 0.0923.